The summed E-state index contributed by atoms with van der Waals surface area (Å²) >= 11 is 0. The van der Waals surface area contributed by atoms with Crippen molar-refractivity contribution in [3.05, 3.63) is 11.6 Å². The first-order chi connectivity index (χ1) is 20.7. The molecule has 0 radical (unpaired) electrons. The zero-order valence-corrected chi connectivity index (χ0v) is 28.8. The van der Waals surface area contributed by atoms with E-state index in [2.05, 4.69) is 47.6 Å². The average molecular weight is 639 g/mol. The summed E-state index contributed by atoms with van der Waals surface area (Å²) in [4.78, 5) is 0. The predicted octanol–water partition coefficient (Wildman–Crippen LogP) is 3.30. The third-order valence-corrected chi connectivity index (χ3v) is 14.5. The van der Waals surface area contributed by atoms with E-state index in [9.17, 15) is 35.7 Å². The van der Waals surface area contributed by atoms with E-state index in [-0.39, 0.29) is 28.3 Å². The SMILES string of the molecule is C[C@H](CC[C@@H](O)C(C)(C)O)[C@H]1CC[C@@]2(C)[C@@H]3CC=C4[C@@H](CC[C@H](O[C@@H]5O[C@H](CO)[C@@H](O)[C@H](O)[C@H]5O)C4(C)C)[C@]3(C)[C@H](O)C[C@]12C. The summed E-state index contributed by atoms with van der Waals surface area (Å²) in [5.41, 5.74) is -0.568. The third kappa shape index (κ3) is 5.48. The number of allylic oxidation sites excluding steroid dienone is 1. The Morgan fingerprint density at radius 3 is 2.24 bits per heavy atom. The predicted molar refractivity (Wildman–Crippen MR) is 170 cm³/mol. The van der Waals surface area contributed by atoms with Gasteiger partial charge in [0.1, 0.15) is 24.4 Å². The largest absolute Gasteiger partial charge is 0.394 e. The number of aliphatic hydroxyl groups excluding tert-OH is 6. The molecule has 5 rings (SSSR count). The van der Waals surface area contributed by atoms with Crippen LogP contribution in [-0.2, 0) is 9.47 Å². The molecule has 260 valence electrons. The molecule has 4 fully saturated rings. The van der Waals surface area contributed by atoms with E-state index in [0.717, 1.165) is 38.5 Å². The average Bonchev–Trinajstić information content (AvgIpc) is 3.23. The molecular formula is C36H62O9. The highest BCUT2D eigenvalue weighted by molar-refractivity contribution is 5.31. The number of aliphatic hydroxyl groups is 7. The van der Waals surface area contributed by atoms with Crippen molar-refractivity contribution in [3.8, 4) is 0 Å². The first-order valence-corrected chi connectivity index (χ1v) is 17.5. The van der Waals surface area contributed by atoms with Crippen LogP contribution in [0.1, 0.15) is 107 Å². The van der Waals surface area contributed by atoms with Crippen LogP contribution in [-0.4, -0.2) is 97.0 Å². The third-order valence-electron chi connectivity index (χ3n) is 14.5. The molecule has 45 heavy (non-hydrogen) atoms. The molecule has 0 aromatic carbocycles. The summed E-state index contributed by atoms with van der Waals surface area (Å²) in [6.45, 7) is 16.6. The summed E-state index contributed by atoms with van der Waals surface area (Å²) in [7, 11) is 0. The van der Waals surface area contributed by atoms with E-state index < -0.39 is 60.5 Å². The fraction of sp³-hybridized carbons (Fsp3) is 0.944. The molecule has 3 saturated carbocycles. The topological polar surface area (TPSA) is 160 Å². The van der Waals surface area contributed by atoms with Crippen molar-refractivity contribution in [1.82, 2.24) is 0 Å². The van der Waals surface area contributed by atoms with Crippen molar-refractivity contribution in [2.45, 2.75) is 161 Å². The van der Waals surface area contributed by atoms with Gasteiger partial charge < -0.3 is 45.2 Å². The van der Waals surface area contributed by atoms with E-state index in [1.807, 2.05) is 0 Å². The van der Waals surface area contributed by atoms with Gasteiger partial charge in [0.05, 0.1) is 30.5 Å². The number of ether oxygens (including phenoxy) is 2. The molecule has 0 aromatic heterocycles. The highest BCUT2D eigenvalue weighted by Gasteiger charge is 2.70. The van der Waals surface area contributed by atoms with Gasteiger partial charge in [-0.3, -0.25) is 0 Å². The lowest BCUT2D eigenvalue weighted by Crippen LogP contribution is -2.65. The lowest BCUT2D eigenvalue weighted by Gasteiger charge is -2.67. The van der Waals surface area contributed by atoms with Crippen molar-refractivity contribution in [3.63, 3.8) is 0 Å². The van der Waals surface area contributed by atoms with Crippen LogP contribution in [0.15, 0.2) is 11.6 Å². The maximum Gasteiger partial charge on any atom is 0.187 e. The summed E-state index contributed by atoms with van der Waals surface area (Å²) in [6, 6.07) is 0. The molecule has 15 atom stereocenters. The van der Waals surface area contributed by atoms with Gasteiger partial charge in [-0.25, -0.2) is 0 Å². The molecule has 0 spiro atoms. The van der Waals surface area contributed by atoms with Crippen LogP contribution >= 0.6 is 0 Å². The molecule has 1 saturated heterocycles. The van der Waals surface area contributed by atoms with Crippen LogP contribution < -0.4 is 0 Å². The zero-order valence-electron chi connectivity index (χ0n) is 28.8. The Bertz CT molecular complexity index is 1100. The van der Waals surface area contributed by atoms with E-state index in [0.29, 0.717) is 30.6 Å². The standard InChI is InChI=1S/C36H62O9/c1-19(9-13-25(38)33(4,5)43)20-15-16-34(6)24-12-10-21-22(36(24,8)26(39)17-35(20,34)7)11-14-27(32(21,2)3)45-31-30(42)29(41)28(40)23(18-37)44-31/h10,19-20,22-31,37-43H,9,11-18H2,1-8H3/t19-,20-,22-,23-,24+,25-,26-,27+,28-,29+,30-,31+,34+,35-,36+/m1/s1. The smallest absolute Gasteiger partial charge is 0.187 e. The quantitative estimate of drug-likeness (QED) is 0.198. The van der Waals surface area contributed by atoms with Gasteiger partial charge in [-0.05, 0) is 99.7 Å². The van der Waals surface area contributed by atoms with Gasteiger partial charge in [-0.15, -0.1) is 0 Å². The van der Waals surface area contributed by atoms with Crippen molar-refractivity contribution >= 4 is 0 Å². The number of rotatable bonds is 8. The molecule has 0 aromatic rings. The maximum absolute atomic E-state index is 12.2. The van der Waals surface area contributed by atoms with Crippen LogP contribution in [0, 0.1) is 45.3 Å². The van der Waals surface area contributed by atoms with Crippen molar-refractivity contribution in [1.29, 1.82) is 0 Å². The fourth-order valence-electron chi connectivity index (χ4n) is 11.2. The Labute approximate surface area is 270 Å². The molecule has 0 bridgehead atoms. The minimum absolute atomic E-state index is 0.0417. The molecule has 7 N–H and O–H groups in total. The van der Waals surface area contributed by atoms with E-state index >= 15 is 0 Å². The van der Waals surface area contributed by atoms with Gasteiger partial charge in [0, 0.05) is 10.8 Å². The number of fused-ring (bicyclic) bond motifs is 5. The second kappa shape index (κ2) is 12.1. The van der Waals surface area contributed by atoms with Gasteiger partial charge >= 0.3 is 0 Å². The van der Waals surface area contributed by atoms with E-state index in [1.54, 1.807) is 13.8 Å². The van der Waals surface area contributed by atoms with Gasteiger partial charge in [-0.2, -0.15) is 0 Å². The van der Waals surface area contributed by atoms with Crippen molar-refractivity contribution in [2.24, 2.45) is 45.3 Å². The second-order valence-electron chi connectivity index (χ2n) is 17.4. The monoisotopic (exact) mass is 638 g/mol. The Hall–Kier alpha value is -0.620. The minimum atomic E-state index is -1.48. The molecule has 0 amide bonds. The summed E-state index contributed by atoms with van der Waals surface area (Å²) in [5.74, 6) is 1.29. The Balaban J connectivity index is 1.37. The fourth-order valence-corrected chi connectivity index (χ4v) is 11.2. The van der Waals surface area contributed by atoms with Gasteiger partial charge in [-0.1, -0.05) is 53.2 Å². The molecule has 0 unspecified atom stereocenters. The molecule has 1 heterocycles. The highest BCUT2D eigenvalue weighted by atomic mass is 16.7. The first-order valence-electron chi connectivity index (χ1n) is 17.5. The van der Waals surface area contributed by atoms with Crippen LogP contribution in [0.5, 0.6) is 0 Å². The van der Waals surface area contributed by atoms with Crippen LogP contribution in [0.3, 0.4) is 0 Å². The van der Waals surface area contributed by atoms with E-state index in [4.69, 9.17) is 9.47 Å². The van der Waals surface area contributed by atoms with Crippen LogP contribution in [0.25, 0.3) is 0 Å². The molecule has 9 heteroatoms. The van der Waals surface area contributed by atoms with Crippen molar-refractivity contribution < 1.29 is 45.2 Å². The normalized spacial score (nSPS) is 49.4. The van der Waals surface area contributed by atoms with E-state index in [1.165, 1.54) is 5.57 Å². The Kier molecular flexibility index (Phi) is 9.56. The molecule has 1 aliphatic heterocycles. The van der Waals surface area contributed by atoms with Gasteiger partial charge in [0.2, 0.25) is 0 Å². The molecular weight excluding hydrogens is 576 g/mol. The van der Waals surface area contributed by atoms with Gasteiger partial charge in [0.15, 0.2) is 6.29 Å². The van der Waals surface area contributed by atoms with Crippen LogP contribution in [0.2, 0.25) is 0 Å². The summed E-state index contributed by atoms with van der Waals surface area (Å²) in [5, 5.41) is 73.9. The van der Waals surface area contributed by atoms with Gasteiger partial charge in [0.25, 0.3) is 0 Å². The first kappa shape index (κ1) is 35.7. The molecule has 5 aliphatic rings. The highest BCUT2D eigenvalue weighted by Crippen LogP contribution is 2.75. The zero-order chi connectivity index (χ0) is 33.5. The number of hydrogen-bond acceptors (Lipinski definition) is 9. The van der Waals surface area contributed by atoms with Crippen LogP contribution in [0.4, 0.5) is 0 Å². The van der Waals surface area contributed by atoms with Crippen molar-refractivity contribution in [2.75, 3.05) is 6.61 Å². The Morgan fingerprint density at radius 2 is 1.62 bits per heavy atom. The molecule has 9 nitrogen and oxygen atoms in total. The molecule has 4 aliphatic carbocycles. The summed E-state index contributed by atoms with van der Waals surface area (Å²) in [6.07, 6.45) is 1.08. The lowest BCUT2D eigenvalue weighted by molar-refractivity contribution is -0.320. The minimum Gasteiger partial charge on any atom is -0.394 e. The number of hydrogen-bond donors (Lipinski definition) is 7. The second-order valence-corrected chi connectivity index (χ2v) is 17.4. The maximum atomic E-state index is 12.2. The Morgan fingerprint density at radius 1 is 0.956 bits per heavy atom. The summed E-state index contributed by atoms with van der Waals surface area (Å²) < 4.78 is 12.1. The lowest BCUT2D eigenvalue weighted by atomic mass is 9.38.